The Morgan fingerprint density at radius 3 is 2.24 bits per heavy atom. The molecule has 0 bridgehead atoms. The first kappa shape index (κ1) is 25.8. The van der Waals surface area contributed by atoms with Crippen LogP contribution in [0.5, 0.6) is 5.75 Å². The molecule has 3 aromatic carbocycles. The molecule has 0 radical (unpaired) electrons. The van der Waals surface area contributed by atoms with Gasteiger partial charge < -0.3 is 25.6 Å². The molecule has 4 rings (SSSR count). The van der Waals surface area contributed by atoms with Crippen molar-refractivity contribution in [3.63, 3.8) is 0 Å². The molecule has 0 aliphatic carbocycles. The first-order chi connectivity index (χ1) is 18.2. The minimum atomic E-state index is -4.79. The number of rotatable bonds is 7. The van der Waals surface area contributed by atoms with Gasteiger partial charge in [-0.05, 0) is 72.8 Å². The van der Waals surface area contributed by atoms with E-state index in [4.69, 9.17) is 5.26 Å². The molecule has 1 heterocycles. The fraction of sp³-hybridized carbons (Fsp3) is 0.0769. The number of ether oxygens (including phenoxy) is 1. The second-order valence-corrected chi connectivity index (χ2v) is 7.81. The smallest absolute Gasteiger partial charge is 0.406 e. The highest BCUT2D eigenvalue weighted by Gasteiger charge is 2.31. The number of benzene rings is 3. The number of urea groups is 1. The third-order valence-electron chi connectivity index (χ3n) is 5.09. The van der Waals surface area contributed by atoms with E-state index in [1.807, 2.05) is 11.9 Å². The topological polar surface area (TPSA) is 115 Å². The number of hydrogen-bond acceptors (Lipinski definition) is 7. The summed E-state index contributed by atoms with van der Waals surface area (Å²) < 4.78 is 40.6. The zero-order valence-corrected chi connectivity index (χ0v) is 19.8. The summed E-state index contributed by atoms with van der Waals surface area (Å²) in [5.74, 6) is 0.579. The summed E-state index contributed by atoms with van der Waals surface area (Å²) in [6.07, 6.45) is -3.18. The van der Waals surface area contributed by atoms with Crippen LogP contribution in [-0.4, -0.2) is 29.4 Å². The van der Waals surface area contributed by atoms with E-state index in [2.05, 4.69) is 36.7 Å². The summed E-state index contributed by atoms with van der Waals surface area (Å²) in [4.78, 5) is 22.8. The van der Waals surface area contributed by atoms with Crippen LogP contribution in [0.15, 0.2) is 85.1 Å². The maximum atomic E-state index is 12.3. The van der Waals surface area contributed by atoms with Crippen molar-refractivity contribution >= 4 is 40.5 Å². The summed E-state index contributed by atoms with van der Waals surface area (Å²) in [5, 5.41) is 17.3. The average molecular weight is 519 g/mol. The van der Waals surface area contributed by atoms with Crippen LogP contribution in [0.4, 0.5) is 52.5 Å². The predicted octanol–water partition coefficient (Wildman–Crippen LogP) is 6.40. The summed E-state index contributed by atoms with van der Waals surface area (Å²) in [5.41, 5.74) is 2.77. The second-order valence-electron chi connectivity index (χ2n) is 7.81. The van der Waals surface area contributed by atoms with Crippen LogP contribution in [0.3, 0.4) is 0 Å². The Bertz CT molecular complexity index is 1450. The third-order valence-corrected chi connectivity index (χ3v) is 5.09. The van der Waals surface area contributed by atoms with Crippen molar-refractivity contribution < 1.29 is 22.7 Å². The van der Waals surface area contributed by atoms with Crippen LogP contribution < -0.4 is 25.6 Å². The van der Waals surface area contributed by atoms with Crippen LogP contribution in [0.2, 0.25) is 0 Å². The normalized spacial score (nSPS) is 10.7. The monoisotopic (exact) mass is 519 g/mol. The zero-order valence-electron chi connectivity index (χ0n) is 19.8. The number of alkyl halides is 3. The van der Waals surface area contributed by atoms with Crippen molar-refractivity contribution in [2.45, 2.75) is 6.36 Å². The van der Waals surface area contributed by atoms with Crippen molar-refractivity contribution in [3.05, 3.63) is 90.6 Å². The quantitative estimate of drug-likeness (QED) is 0.259. The molecule has 192 valence electrons. The van der Waals surface area contributed by atoms with E-state index >= 15 is 0 Å². The number of nitrogens with zero attached hydrogens (tertiary/aromatic N) is 4. The first-order valence-corrected chi connectivity index (χ1v) is 11.1. The van der Waals surface area contributed by atoms with Gasteiger partial charge in [0.15, 0.2) is 0 Å². The molecule has 0 atom stereocenters. The van der Waals surface area contributed by atoms with Gasteiger partial charge in [-0.2, -0.15) is 10.2 Å². The van der Waals surface area contributed by atoms with Gasteiger partial charge in [0.05, 0.1) is 11.6 Å². The van der Waals surface area contributed by atoms with Crippen molar-refractivity contribution in [1.29, 1.82) is 5.26 Å². The lowest BCUT2D eigenvalue weighted by atomic mass is 10.2. The van der Waals surface area contributed by atoms with E-state index in [-0.39, 0.29) is 5.75 Å². The van der Waals surface area contributed by atoms with Gasteiger partial charge >= 0.3 is 12.4 Å². The molecule has 3 N–H and O–H groups in total. The van der Waals surface area contributed by atoms with Gasteiger partial charge in [-0.15, -0.1) is 13.2 Å². The Morgan fingerprint density at radius 1 is 0.947 bits per heavy atom. The van der Waals surface area contributed by atoms with E-state index in [1.165, 1.54) is 12.1 Å². The molecule has 12 heteroatoms. The fourth-order valence-corrected chi connectivity index (χ4v) is 3.33. The average Bonchev–Trinajstić information content (AvgIpc) is 2.89. The number of nitriles is 1. The molecule has 38 heavy (non-hydrogen) atoms. The van der Waals surface area contributed by atoms with Crippen molar-refractivity contribution in [2.75, 3.05) is 27.9 Å². The van der Waals surface area contributed by atoms with E-state index in [0.717, 1.165) is 17.8 Å². The van der Waals surface area contributed by atoms with E-state index in [9.17, 15) is 18.0 Å². The molecule has 0 aliphatic heterocycles. The van der Waals surface area contributed by atoms with Crippen LogP contribution >= 0.6 is 0 Å². The summed E-state index contributed by atoms with van der Waals surface area (Å²) >= 11 is 0. The van der Waals surface area contributed by atoms with Gasteiger partial charge in [0, 0.05) is 36.0 Å². The van der Waals surface area contributed by atoms with Gasteiger partial charge in [0.2, 0.25) is 5.95 Å². The number of halogens is 3. The molecule has 0 unspecified atom stereocenters. The SMILES string of the molecule is CN(c1ccc(NC(=O)Nc2ccc(OC(F)(F)F)cc2)cc1)c1ccnc(Nc2cccc(C#N)c2)n1. The van der Waals surface area contributed by atoms with Gasteiger partial charge in [0.25, 0.3) is 0 Å². The van der Waals surface area contributed by atoms with E-state index in [0.29, 0.717) is 34.4 Å². The number of hydrogen-bond donors (Lipinski definition) is 3. The van der Waals surface area contributed by atoms with Crippen LogP contribution in [-0.2, 0) is 0 Å². The third kappa shape index (κ3) is 7.11. The number of aromatic nitrogens is 2. The molecule has 0 saturated heterocycles. The molecule has 0 fully saturated rings. The Labute approximate surface area is 215 Å². The number of anilines is 6. The molecule has 4 aromatic rings. The van der Waals surface area contributed by atoms with Crippen molar-refractivity contribution in [3.8, 4) is 11.8 Å². The molecule has 1 aromatic heterocycles. The maximum absolute atomic E-state index is 12.3. The fourth-order valence-electron chi connectivity index (χ4n) is 3.33. The zero-order chi connectivity index (χ0) is 27.1. The molecular formula is C26H20F3N7O2. The van der Waals surface area contributed by atoms with E-state index < -0.39 is 12.4 Å². The Kier molecular flexibility index (Phi) is 7.58. The lowest BCUT2D eigenvalue weighted by Gasteiger charge is -2.19. The highest BCUT2D eigenvalue weighted by atomic mass is 19.4. The highest BCUT2D eigenvalue weighted by Crippen LogP contribution is 2.26. The Morgan fingerprint density at radius 2 is 1.61 bits per heavy atom. The number of nitrogens with one attached hydrogen (secondary N) is 3. The minimum Gasteiger partial charge on any atom is -0.406 e. The standard InChI is InChI=1S/C26H20F3N7O2/c1-36(23-13-14-31-24(35-23)32-20-4-2-3-17(15-20)16-30)21-9-5-18(6-10-21)33-25(37)34-19-7-11-22(12-8-19)38-26(27,28)29/h2-15H,1H3,(H,31,32,35)(H2,33,34,37). The molecule has 0 spiro atoms. The molecule has 9 nitrogen and oxygen atoms in total. The lowest BCUT2D eigenvalue weighted by Crippen LogP contribution is -2.20. The van der Waals surface area contributed by atoms with Crippen molar-refractivity contribution in [1.82, 2.24) is 9.97 Å². The number of carbonyl (C=O) groups excluding carboxylic acids is 1. The first-order valence-electron chi connectivity index (χ1n) is 11.1. The number of amides is 2. The summed E-state index contributed by atoms with van der Waals surface area (Å²) in [6.45, 7) is 0. The van der Waals surface area contributed by atoms with E-state index in [1.54, 1.807) is 60.8 Å². The van der Waals surface area contributed by atoms with Gasteiger partial charge in [-0.3, -0.25) is 0 Å². The van der Waals surface area contributed by atoms with Crippen LogP contribution in [0.25, 0.3) is 0 Å². The molecule has 0 saturated carbocycles. The van der Waals surface area contributed by atoms with Gasteiger partial charge in [-0.25, -0.2) is 9.78 Å². The van der Waals surface area contributed by atoms with Gasteiger partial charge in [-0.1, -0.05) is 6.07 Å². The minimum absolute atomic E-state index is 0.293. The van der Waals surface area contributed by atoms with Gasteiger partial charge in [0.1, 0.15) is 11.6 Å². The summed E-state index contributed by atoms with van der Waals surface area (Å²) in [7, 11) is 1.82. The van der Waals surface area contributed by atoms with Crippen molar-refractivity contribution in [2.24, 2.45) is 0 Å². The predicted molar refractivity (Wildman–Crippen MR) is 137 cm³/mol. The Balaban J connectivity index is 1.35. The molecule has 0 aliphatic rings. The summed E-state index contributed by atoms with van der Waals surface area (Å²) in [6, 6.07) is 22.0. The lowest BCUT2D eigenvalue weighted by molar-refractivity contribution is -0.274. The number of carbonyl (C=O) groups is 1. The largest absolute Gasteiger partial charge is 0.573 e. The van der Waals surface area contributed by atoms with Crippen LogP contribution in [0.1, 0.15) is 5.56 Å². The molecule has 2 amide bonds. The highest BCUT2D eigenvalue weighted by molar-refractivity contribution is 5.99. The second kappa shape index (κ2) is 11.2. The maximum Gasteiger partial charge on any atom is 0.573 e. The Hall–Kier alpha value is -5.31. The molecular weight excluding hydrogens is 499 g/mol. The van der Waals surface area contributed by atoms with Crippen LogP contribution in [0, 0.1) is 11.3 Å².